The number of likely N-dealkylation sites (tertiary alicyclic amines) is 1. The number of amides is 2. The predicted molar refractivity (Wildman–Crippen MR) is 81.9 cm³/mol. The predicted octanol–water partition coefficient (Wildman–Crippen LogP) is 1.40. The molecule has 7 nitrogen and oxygen atoms in total. The van der Waals surface area contributed by atoms with Crippen molar-refractivity contribution in [2.24, 2.45) is 11.7 Å². The monoisotopic (exact) mass is 320 g/mol. The van der Waals surface area contributed by atoms with Gasteiger partial charge in [0.05, 0.1) is 0 Å². The second-order valence-electron chi connectivity index (χ2n) is 5.57. The van der Waals surface area contributed by atoms with E-state index in [1.54, 1.807) is 29.2 Å². The van der Waals surface area contributed by atoms with E-state index in [0.717, 1.165) is 5.56 Å². The van der Waals surface area contributed by atoms with E-state index in [1.165, 1.54) is 0 Å². The molecule has 1 heterocycles. The Morgan fingerprint density at radius 3 is 2.30 bits per heavy atom. The number of carboxylic acid groups (broad SMARTS) is 1. The van der Waals surface area contributed by atoms with Crippen molar-refractivity contribution in [1.29, 1.82) is 0 Å². The maximum absolute atomic E-state index is 12.1. The van der Waals surface area contributed by atoms with Crippen LogP contribution in [-0.4, -0.2) is 41.1 Å². The number of ether oxygens (including phenoxy) is 1. The summed E-state index contributed by atoms with van der Waals surface area (Å²) >= 11 is 0. The van der Waals surface area contributed by atoms with Gasteiger partial charge < -0.3 is 20.5 Å². The van der Waals surface area contributed by atoms with E-state index >= 15 is 0 Å². The van der Waals surface area contributed by atoms with Gasteiger partial charge in [0.2, 0.25) is 5.91 Å². The highest BCUT2D eigenvalue weighted by Crippen LogP contribution is 2.19. The summed E-state index contributed by atoms with van der Waals surface area (Å²) in [4.78, 5) is 35.2. The topological polar surface area (TPSA) is 110 Å². The zero-order chi connectivity index (χ0) is 16.8. The van der Waals surface area contributed by atoms with Crippen LogP contribution in [0.4, 0.5) is 4.79 Å². The van der Waals surface area contributed by atoms with Gasteiger partial charge in [-0.25, -0.2) is 4.79 Å². The van der Waals surface area contributed by atoms with Gasteiger partial charge in [0.1, 0.15) is 5.75 Å². The van der Waals surface area contributed by atoms with Crippen LogP contribution in [0.2, 0.25) is 0 Å². The Morgan fingerprint density at radius 2 is 1.78 bits per heavy atom. The van der Waals surface area contributed by atoms with Gasteiger partial charge >= 0.3 is 12.1 Å². The molecule has 124 valence electrons. The van der Waals surface area contributed by atoms with Gasteiger partial charge in [-0.2, -0.15) is 0 Å². The summed E-state index contributed by atoms with van der Waals surface area (Å²) in [6, 6.07) is 6.77. The second kappa shape index (κ2) is 7.62. The summed E-state index contributed by atoms with van der Waals surface area (Å²) < 4.78 is 5.28. The third kappa shape index (κ3) is 4.98. The minimum Gasteiger partial charge on any atom is -0.481 e. The molecule has 0 radical (unpaired) electrons. The zero-order valence-corrected chi connectivity index (χ0v) is 12.7. The first-order chi connectivity index (χ1) is 11.0. The van der Waals surface area contributed by atoms with E-state index in [4.69, 9.17) is 15.6 Å². The van der Waals surface area contributed by atoms with E-state index in [1.807, 2.05) is 0 Å². The molecule has 0 aromatic heterocycles. The highest BCUT2D eigenvalue weighted by molar-refractivity contribution is 5.77. The molecule has 0 bridgehead atoms. The second-order valence-corrected chi connectivity index (χ2v) is 5.57. The van der Waals surface area contributed by atoms with Gasteiger partial charge in [0, 0.05) is 25.4 Å². The Hall–Kier alpha value is -2.57. The quantitative estimate of drug-likeness (QED) is 0.852. The molecule has 1 saturated heterocycles. The Morgan fingerprint density at radius 1 is 1.17 bits per heavy atom. The van der Waals surface area contributed by atoms with Crippen LogP contribution in [0.15, 0.2) is 24.3 Å². The summed E-state index contributed by atoms with van der Waals surface area (Å²) in [5, 5.41) is 8.64. The van der Waals surface area contributed by atoms with Crippen LogP contribution in [0.5, 0.6) is 5.75 Å². The van der Waals surface area contributed by atoms with Crippen molar-refractivity contribution < 1.29 is 24.2 Å². The van der Waals surface area contributed by atoms with Gasteiger partial charge in [0.25, 0.3) is 0 Å². The molecule has 1 fully saturated rings. The summed E-state index contributed by atoms with van der Waals surface area (Å²) in [6.45, 7) is 0.895. The fraction of sp³-hybridized carbons (Fsp3) is 0.438. The van der Waals surface area contributed by atoms with Gasteiger partial charge in [0.15, 0.2) is 0 Å². The molecule has 1 aromatic rings. The first kappa shape index (κ1) is 16.8. The Bertz CT molecular complexity index is 577. The number of hydrogen-bond acceptors (Lipinski definition) is 4. The Kier molecular flexibility index (Phi) is 5.56. The summed E-state index contributed by atoms with van der Waals surface area (Å²) in [5.74, 6) is -0.937. The highest BCUT2D eigenvalue weighted by atomic mass is 16.6. The number of carbonyl (C=O) groups excluding carboxylic acids is 2. The summed E-state index contributed by atoms with van der Waals surface area (Å²) in [5.41, 5.74) is 6.13. The molecule has 0 aliphatic carbocycles. The van der Waals surface area contributed by atoms with E-state index in [-0.39, 0.29) is 18.2 Å². The molecule has 7 heteroatoms. The molecule has 2 rings (SSSR count). The molecule has 1 aliphatic rings. The number of benzene rings is 1. The largest absolute Gasteiger partial charge is 0.481 e. The third-order valence-electron chi connectivity index (χ3n) is 3.91. The van der Waals surface area contributed by atoms with Gasteiger partial charge in [-0.3, -0.25) is 9.59 Å². The van der Waals surface area contributed by atoms with E-state index < -0.39 is 12.1 Å². The van der Waals surface area contributed by atoms with Crippen LogP contribution in [-0.2, 0) is 16.0 Å². The molecule has 3 N–H and O–H groups in total. The van der Waals surface area contributed by atoms with Crippen molar-refractivity contribution in [3.8, 4) is 5.75 Å². The summed E-state index contributed by atoms with van der Waals surface area (Å²) in [6.07, 6.45) is 1.15. The van der Waals surface area contributed by atoms with Crippen LogP contribution in [0, 0.1) is 5.92 Å². The normalized spacial score (nSPS) is 15.2. The van der Waals surface area contributed by atoms with E-state index in [0.29, 0.717) is 38.1 Å². The number of aliphatic carboxylic acids is 1. The zero-order valence-electron chi connectivity index (χ0n) is 12.7. The number of hydrogen-bond donors (Lipinski definition) is 2. The fourth-order valence-electron chi connectivity index (χ4n) is 2.49. The fourth-order valence-corrected chi connectivity index (χ4v) is 2.49. The number of aryl methyl sites for hydroxylation is 1. The number of carboxylic acids is 1. The van der Waals surface area contributed by atoms with Gasteiger partial charge in [-0.05, 0) is 37.0 Å². The summed E-state index contributed by atoms with van der Waals surface area (Å²) in [7, 11) is 0. The molecule has 0 unspecified atom stereocenters. The molecule has 2 amide bonds. The Labute approximate surface area is 134 Å². The standard InChI is InChI=1S/C16H20N2O5/c17-15(21)12-7-9-18(10-8-12)16(22)23-13-4-1-11(2-5-13)3-6-14(19)20/h1-2,4-5,12H,3,6-10H2,(H2,17,21)(H,19,20). The average molecular weight is 320 g/mol. The highest BCUT2D eigenvalue weighted by Gasteiger charge is 2.26. The van der Waals surface area contributed by atoms with Crippen molar-refractivity contribution in [1.82, 2.24) is 4.90 Å². The van der Waals surface area contributed by atoms with Crippen LogP contribution < -0.4 is 10.5 Å². The van der Waals surface area contributed by atoms with Crippen molar-refractivity contribution in [3.63, 3.8) is 0 Å². The molecule has 23 heavy (non-hydrogen) atoms. The lowest BCUT2D eigenvalue weighted by atomic mass is 9.97. The number of carbonyl (C=O) groups is 3. The molecule has 1 aliphatic heterocycles. The van der Waals surface area contributed by atoms with Crippen molar-refractivity contribution in [2.45, 2.75) is 25.7 Å². The lowest BCUT2D eigenvalue weighted by molar-refractivity contribution is -0.137. The maximum Gasteiger partial charge on any atom is 0.415 e. The lowest BCUT2D eigenvalue weighted by Crippen LogP contribution is -2.42. The SMILES string of the molecule is NC(=O)C1CCN(C(=O)Oc2ccc(CCC(=O)O)cc2)CC1. The average Bonchev–Trinajstić information content (AvgIpc) is 2.54. The molecular weight excluding hydrogens is 300 g/mol. The molecular formula is C16H20N2O5. The Balaban J connectivity index is 1.83. The minimum absolute atomic E-state index is 0.0634. The maximum atomic E-state index is 12.1. The minimum atomic E-state index is -0.847. The van der Waals surface area contributed by atoms with Crippen LogP contribution in [0.1, 0.15) is 24.8 Å². The van der Waals surface area contributed by atoms with Gasteiger partial charge in [-0.15, -0.1) is 0 Å². The number of rotatable bonds is 5. The van der Waals surface area contributed by atoms with E-state index in [2.05, 4.69) is 0 Å². The number of nitrogens with two attached hydrogens (primary N) is 1. The van der Waals surface area contributed by atoms with Gasteiger partial charge in [-0.1, -0.05) is 12.1 Å². The number of piperidine rings is 1. The van der Waals surface area contributed by atoms with Crippen LogP contribution in [0.25, 0.3) is 0 Å². The van der Waals surface area contributed by atoms with Crippen LogP contribution >= 0.6 is 0 Å². The number of primary amides is 1. The molecule has 0 atom stereocenters. The van der Waals surface area contributed by atoms with Crippen molar-refractivity contribution in [3.05, 3.63) is 29.8 Å². The number of nitrogens with zero attached hydrogens (tertiary/aromatic N) is 1. The smallest absolute Gasteiger partial charge is 0.415 e. The van der Waals surface area contributed by atoms with E-state index in [9.17, 15) is 14.4 Å². The van der Waals surface area contributed by atoms with Crippen molar-refractivity contribution in [2.75, 3.05) is 13.1 Å². The first-order valence-electron chi connectivity index (χ1n) is 7.52. The third-order valence-corrected chi connectivity index (χ3v) is 3.91. The first-order valence-corrected chi connectivity index (χ1v) is 7.52. The lowest BCUT2D eigenvalue weighted by Gasteiger charge is -2.29. The molecule has 1 aromatic carbocycles. The molecule has 0 spiro atoms. The van der Waals surface area contributed by atoms with Crippen molar-refractivity contribution >= 4 is 18.0 Å². The van der Waals surface area contributed by atoms with Crippen LogP contribution in [0.3, 0.4) is 0 Å². The molecule has 0 saturated carbocycles.